The first-order chi connectivity index (χ1) is 12.2. The summed E-state index contributed by atoms with van der Waals surface area (Å²) in [5.41, 5.74) is 2.52. The maximum absolute atomic E-state index is 11.6. The molecule has 5 heteroatoms. The minimum absolute atomic E-state index is 0.0588. The van der Waals surface area contributed by atoms with Crippen molar-refractivity contribution in [2.45, 2.75) is 39.8 Å². The smallest absolute Gasteiger partial charge is 0.250 e. The van der Waals surface area contributed by atoms with Crippen molar-refractivity contribution in [1.29, 1.82) is 0 Å². The fraction of sp³-hybridized carbons (Fsp3) is 0.400. The van der Waals surface area contributed by atoms with Gasteiger partial charge in [-0.05, 0) is 38.3 Å². The number of pyridine rings is 1. The van der Waals surface area contributed by atoms with E-state index in [0.29, 0.717) is 6.54 Å². The molecule has 134 valence electrons. The van der Waals surface area contributed by atoms with Crippen LogP contribution < -0.4 is 16.2 Å². The Morgan fingerprint density at radius 3 is 2.60 bits per heavy atom. The van der Waals surface area contributed by atoms with Crippen molar-refractivity contribution in [2.75, 3.05) is 13.1 Å². The molecule has 0 aliphatic rings. The Balaban J connectivity index is 1.75. The summed E-state index contributed by atoms with van der Waals surface area (Å²) in [5.74, 6) is 0.833. The highest BCUT2D eigenvalue weighted by molar-refractivity contribution is 5.79. The number of aryl methyl sites for hydroxylation is 2. The van der Waals surface area contributed by atoms with E-state index in [2.05, 4.69) is 53.7 Å². The van der Waals surface area contributed by atoms with Crippen LogP contribution >= 0.6 is 0 Å². The predicted octanol–water partition coefficient (Wildman–Crippen LogP) is 2.69. The quantitative estimate of drug-likeness (QED) is 0.441. The van der Waals surface area contributed by atoms with Gasteiger partial charge < -0.3 is 15.2 Å². The van der Waals surface area contributed by atoms with Crippen LogP contribution in [0.5, 0.6) is 0 Å². The third-order valence-corrected chi connectivity index (χ3v) is 3.90. The Kier molecular flexibility index (Phi) is 7.76. The lowest BCUT2D eigenvalue weighted by molar-refractivity contribution is 0.585. The summed E-state index contributed by atoms with van der Waals surface area (Å²) in [4.78, 5) is 16.3. The molecule has 5 nitrogen and oxygen atoms in total. The summed E-state index contributed by atoms with van der Waals surface area (Å²) < 4.78 is 1.75. The van der Waals surface area contributed by atoms with Gasteiger partial charge in [0.05, 0.1) is 6.54 Å². The molecule has 2 aromatic rings. The highest BCUT2D eigenvalue weighted by atomic mass is 16.1. The maximum atomic E-state index is 11.6. The number of nitrogens with zero attached hydrogens (tertiary/aromatic N) is 2. The zero-order valence-corrected chi connectivity index (χ0v) is 15.2. The largest absolute Gasteiger partial charge is 0.357 e. The number of guanidine groups is 1. The molecular formula is C20H28N4O. The molecule has 0 unspecified atom stereocenters. The average molecular weight is 340 g/mol. The molecule has 1 heterocycles. The molecule has 0 amide bonds. The van der Waals surface area contributed by atoms with Crippen molar-refractivity contribution in [2.24, 2.45) is 4.99 Å². The van der Waals surface area contributed by atoms with E-state index in [-0.39, 0.29) is 5.56 Å². The molecule has 0 radical (unpaired) electrons. The van der Waals surface area contributed by atoms with E-state index in [4.69, 9.17) is 0 Å². The monoisotopic (exact) mass is 340 g/mol. The number of hydrogen-bond donors (Lipinski definition) is 2. The van der Waals surface area contributed by atoms with Crippen molar-refractivity contribution in [1.82, 2.24) is 15.2 Å². The van der Waals surface area contributed by atoms with Crippen molar-refractivity contribution < 1.29 is 0 Å². The predicted molar refractivity (Wildman–Crippen MR) is 104 cm³/mol. The lowest BCUT2D eigenvalue weighted by Crippen LogP contribution is -2.37. The number of hydrogen-bond acceptors (Lipinski definition) is 2. The highest BCUT2D eigenvalue weighted by Gasteiger charge is 1.98. The Labute approximate surface area is 149 Å². The molecule has 0 spiro atoms. The molecule has 0 aliphatic carbocycles. The van der Waals surface area contributed by atoms with Crippen molar-refractivity contribution in [3.05, 3.63) is 70.1 Å². The number of benzene rings is 1. The molecule has 2 rings (SSSR count). The van der Waals surface area contributed by atoms with Crippen LogP contribution in [0.2, 0.25) is 0 Å². The van der Waals surface area contributed by atoms with Gasteiger partial charge in [-0.3, -0.25) is 4.79 Å². The Bertz CT molecular complexity index is 719. The van der Waals surface area contributed by atoms with Crippen molar-refractivity contribution >= 4 is 5.96 Å². The summed E-state index contributed by atoms with van der Waals surface area (Å²) in [6.07, 6.45) is 3.77. The minimum Gasteiger partial charge on any atom is -0.357 e. The van der Waals surface area contributed by atoms with Gasteiger partial charge >= 0.3 is 0 Å². The van der Waals surface area contributed by atoms with Crippen LogP contribution in [0.3, 0.4) is 0 Å². The van der Waals surface area contributed by atoms with E-state index in [1.165, 1.54) is 11.1 Å². The molecule has 0 bridgehead atoms. The number of rotatable bonds is 8. The second-order valence-corrected chi connectivity index (χ2v) is 6.05. The van der Waals surface area contributed by atoms with E-state index >= 15 is 0 Å². The first-order valence-electron chi connectivity index (χ1n) is 8.92. The van der Waals surface area contributed by atoms with Gasteiger partial charge in [-0.2, -0.15) is 0 Å². The van der Waals surface area contributed by atoms with Gasteiger partial charge in [-0.1, -0.05) is 35.9 Å². The van der Waals surface area contributed by atoms with Gasteiger partial charge in [0.1, 0.15) is 0 Å². The molecule has 0 fully saturated rings. The Hall–Kier alpha value is -2.56. The highest BCUT2D eigenvalue weighted by Crippen LogP contribution is 2.04. The molecule has 2 N–H and O–H groups in total. The van der Waals surface area contributed by atoms with Gasteiger partial charge in [-0.15, -0.1) is 0 Å². The van der Waals surface area contributed by atoms with Crippen LogP contribution in [0, 0.1) is 6.92 Å². The lowest BCUT2D eigenvalue weighted by Gasteiger charge is -2.11. The molecule has 25 heavy (non-hydrogen) atoms. The van der Waals surface area contributed by atoms with Crippen LogP contribution in [0.1, 0.15) is 30.9 Å². The fourth-order valence-corrected chi connectivity index (χ4v) is 2.46. The molecular weight excluding hydrogens is 312 g/mol. The Morgan fingerprint density at radius 2 is 1.88 bits per heavy atom. The van der Waals surface area contributed by atoms with E-state index < -0.39 is 0 Å². The number of aliphatic imine (C=N–C) groups is 1. The zero-order valence-electron chi connectivity index (χ0n) is 15.2. The molecule has 0 atom stereocenters. The number of nitrogens with one attached hydrogen (secondary N) is 2. The zero-order chi connectivity index (χ0) is 17.9. The van der Waals surface area contributed by atoms with Crippen molar-refractivity contribution in [3.63, 3.8) is 0 Å². The second-order valence-electron chi connectivity index (χ2n) is 6.05. The third-order valence-electron chi connectivity index (χ3n) is 3.90. The van der Waals surface area contributed by atoms with Crippen LogP contribution in [-0.4, -0.2) is 23.6 Å². The van der Waals surface area contributed by atoms with Crippen LogP contribution in [0.4, 0.5) is 0 Å². The van der Waals surface area contributed by atoms with Crippen LogP contribution in [-0.2, 0) is 13.1 Å². The molecule has 1 aromatic carbocycles. The van der Waals surface area contributed by atoms with Gasteiger partial charge in [0, 0.05) is 31.9 Å². The van der Waals surface area contributed by atoms with Crippen molar-refractivity contribution in [3.8, 4) is 0 Å². The van der Waals surface area contributed by atoms with E-state index in [0.717, 1.165) is 38.4 Å². The van der Waals surface area contributed by atoms with Gasteiger partial charge in [-0.25, -0.2) is 4.99 Å². The summed E-state index contributed by atoms with van der Waals surface area (Å²) in [6.45, 7) is 7.22. The van der Waals surface area contributed by atoms with Crippen LogP contribution in [0.25, 0.3) is 0 Å². The third kappa shape index (κ3) is 6.83. The van der Waals surface area contributed by atoms with E-state index in [9.17, 15) is 4.79 Å². The van der Waals surface area contributed by atoms with Gasteiger partial charge in [0.15, 0.2) is 5.96 Å². The topological polar surface area (TPSA) is 58.4 Å². The van der Waals surface area contributed by atoms with E-state index in [1.54, 1.807) is 16.7 Å². The summed E-state index contributed by atoms with van der Waals surface area (Å²) >= 11 is 0. The van der Waals surface area contributed by atoms with Gasteiger partial charge in [0.25, 0.3) is 0 Å². The normalized spacial score (nSPS) is 11.4. The first kappa shape index (κ1) is 18.8. The minimum atomic E-state index is 0.0588. The first-order valence-corrected chi connectivity index (χ1v) is 8.92. The summed E-state index contributed by atoms with van der Waals surface area (Å²) in [5, 5.41) is 6.62. The second kappa shape index (κ2) is 10.3. The molecule has 1 aromatic heterocycles. The average Bonchev–Trinajstić information content (AvgIpc) is 2.62. The summed E-state index contributed by atoms with van der Waals surface area (Å²) in [6, 6.07) is 13.7. The van der Waals surface area contributed by atoms with Gasteiger partial charge in [0.2, 0.25) is 5.56 Å². The SMILES string of the molecule is CCNC(=NCc1ccc(C)cc1)NCCCCn1ccccc1=O. The Morgan fingerprint density at radius 1 is 1.08 bits per heavy atom. The molecule has 0 aliphatic heterocycles. The molecule has 0 saturated carbocycles. The fourth-order valence-electron chi connectivity index (χ4n) is 2.46. The maximum Gasteiger partial charge on any atom is 0.250 e. The number of unbranched alkanes of at least 4 members (excludes halogenated alkanes) is 1. The van der Waals surface area contributed by atoms with Crippen LogP contribution in [0.15, 0.2) is 58.4 Å². The number of aromatic nitrogens is 1. The molecule has 0 saturated heterocycles. The lowest BCUT2D eigenvalue weighted by atomic mass is 10.1. The summed E-state index contributed by atoms with van der Waals surface area (Å²) in [7, 11) is 0. The standard InChI is InChI=1S/C20H28N4O/c1-3-21-20(23-16-18-11-9-17(2)10-12-18)22-13-5-7-15-24-14-6-4-8-19(24)25/h4,6,8-12,14H,3,5,7,13,15-16H2,1-2H3,(H2,21,22,23). The van der Waals surface area contributed by atoms with E-state index in [1.807, 2.05) is 12.3 Å².